The van der Waals surface area contributed by atoms with Gasteiger partial charge >= 0.3 is 0 Å². The Labute approximate surface area is 243 Å². The number of aliphatic imine (C=N–C) groups is 1. The van der Waals surface area contributed by atoms with Crippen molar-refractivity contribution in [2.24, 2.45) is 4.99 Å². The van der Waals surface area contributed by atoms with Gasteiger partial charge in [0.2, 0.25) is 11.8 Å². The summed E-state index contributed by atoms with van der Waals surface area (Å²) in [6.07, 6.45) is 1.51. The summed E-state index contributed by atoms with van der Waals surface area (Å²) in [5, 5.41) is 13.0. The predicted octanol–water partition coefficient (Wildman–Crippen LogP) is 3.16. The number of hydrogen-bond donors (Lipinski definition) is 0. The summed E-state index contributed by atoms with van der Waals surface area (Å²) in [6, 6.07) is 14.8. The van der Waals surface area contributed by atoms with Crippen LogP contribution in [-0.4, -0.2) is 88.7 Å². The molecule has 4 heterocycles. The highest BCUT2D eigenvalue weighted by Gasteiger charge is 2.26. The van der Waals surface area contributed by atoms with Crippen LogP contribution in [0.2, 0.25) is 0 Å². The Bertz CT molecular complexity index is 1620. The number of rotatable bonds is 8. The number of carbonyl (C=O) groups is 2. The standard InChI is InChI=1S/C30H31N7O5/c1-19-13-25(33-34-28(19)26-14-22(18-40-4)42-35-26)23-7-5-6-8-24(23)29(31-2)41-17-21-10-9-20(15-32-21)30(39)37-12-11-36(3)27(38)16-37/h5-10,13-15H,11-12,16-18H2,1-4H3/b31-29+. The van der Waals surface area contributed by atoms with Crippen LogP contribution in [0.25, 0.3) is 22.6 Å². The van der Waals surface area contributed by atoms with Gasteiger partial charge in [0.15, 0.2) is 5.76 Å². The monoisotopic (exact) mass is 569 g/mol. The average molecular weight is 570 g/mol. The third-order valence-electron chi connectivity index (χ3n) is 6.88. The topological polar surface area (TPSA) is 136 Å². The molecule has 12 heteroatoms. The van der Waals surface area contributed by atoms with E-state index in [-0.39, 0.29) is 25.0 Å². The van der Waals surface area contributed by atoms with Crippen LogP contribution in [0.4, 0.5) is 0 Å². The summed E-state index contributed by atoms with van der Waals surface area (Å²) in [7, 11) is 4.98. The highest BCUT2D eigenvalue weighted by molar-refractivity contribution is 6.00. The van der Waals surface area contributed by atoms with Crippen LogP contribution >= 0.6 is 0 Å². The van der Waals surface area contributed by atoms with Crippen molar-refractivity contribution in [3.05, 3.63) is 82.9 Å². The van der Waals surface area contributed by atoms with Crippen molar-refractivity contribution in [2.75, 3.05) is 40.8 Å². The normalized spacial score (nSPS) is 13.9. The van der Waals surface area contributed by atoms with Crippen molar-refractivity contribution in [1.29, 1.82) is 0 Å². The number of carbonyl (C=O) groups excluding carboxylic acids is 2. The first kappa shape index (κ1) is 28.6. The van der Waals surface area contributed by atoms with Crippen LogP contribution in [0, 0.1) is 6.92 Å². The number of benzene rings is 1. The fourth-order valence-corrected chi connectivity index (χ4v) is 4.55. The molecular formula is C30H31N7O5. The molecule has 0 saturated carbocycles. The van der Waals surface area contributed by atoms with E-state index in [2.05, 4.69) is 25.3 Å². The van der Waals surface area contributed by atoms with Gasteiger partial charge in [0, 0.05) is 57.7 Å². The van der Waals surface area contributed by atoms with E-state index < -0.39 is 0 Å². The number of piperazine rings is 1. The Morgan fingerprint density at radius 3 is 2.62 bits per heavy atom. The van der Waals surface area contributed by atoms with E-state index in [9.17, 15) is 9.59 Å². The maximum Gasteiger partial charge on any atom is 0.255 e. The molecule has 0 unspecified atom stereocenters. The van der Waals surface area contributed by atoms with Crippen LogP contribution in [0.15, 0.2) is 64.2 Å². The molecule has 12 nitrogen and oxygen atoms in total. The number of hydrogen-bond acceptors (Lipinski definition) is 10. The predicted molar refractivity (Wildman–Crippen MR) is 153 cm³/mol. The molecule has 216 valence electrons. The molecular weight excluding hydrogens is 538 g/mol. The Morgan fingerprint density at radius 2 is 1.90 bits per heavy atom. The van der Waals surface area contributed by atoms with Crippen LogP contribution in [0.1, 0.15) is 32.9 Å². The third-order valence-corrected chi connectivity index (χ3v) is 6.88. The van der Waals surface area contributed by atoms with Gasteiger partial charge in [0.25, 0.3) is 5.91 Å². The van der Waals surface area contributed by atoms with Crippen molar-refractivity contribution < 1.29 is 23.6 Å². The van der Waals surface area contributed by atoms with Gasteiger partial charge in [-0.3, -0.25) is 19.6 Å². The molecule has 2 amide bonds. The lowest BCUT2D eigenvalue weighted by atomic mass is 10.0. The van der Waals surface area contributed by atoms with Gasteiger partial charge in [-0.1, -0.05) is 23.4 Å². The number of nitrogens with zero attached hydrogens (tertiary/aromatic N) is 7. The average Bonchev–Trinajstić information content (AvgIpc) is 3.47. The number of likely N-dealkylation sites (N-methyl/N-ethyl adjacent to an activating group) is 1. The quantitative estimate of drug-likeness (QED) is 0.231. The van der Waals surface area contributed by atoms with Crippen molar-refractivity contribution in [2.45, 2.75) is 20.1 Å². The minimum absolute atomic E-state index is 0.0676. The largest absolute Gasteiger partial charge is 0.471 e. The second-order valence-corrected chi connectivity index (χ2v) is 9.82. The molecule has 1 aliphatic heterocycles. The first-order valence-corrected chi connectivity index (χ1v) is 13.3. The summed E-state index contributed by atoms with van der Waals surface area (Å²) in [6.45, 7) is 3.47. The molecule has 1 aromatic carbocycles. The Morgan fingerprint density at radius 1 is 1.07 bits per heavy atom. The SMILES string of the molecule is C/N=C(/OCc1ccc(C(=O)N2CCN(C)C(=O)C2)cn1)c1ccccc1-c1cc(C)c(-c2cc(COC)on2)nn1. The summed E-state index contributed by atoms with van der Waals surface area (Å²) < 4.78 is 16.5. The van der Waals surface area contributed by atoms with Crippen LogP contribution < -0.4 is 0 Å². The van der Waals surface area contributed by atoms with Gasteiger partial charge in [-0.2, -0.15) is 0 Å². The summed E-state index contributed by atoms with van der Waals surface area (Å²) in [5.41, 5.74) is 5.33. The van der Waals surface area contributed by atoms with Gasteiger partial charge in [-0.05, 0) is 36.8 Å². The van der Waals surface area contributed by atoms with Gasteiger partial charge in [0.05, 0.1) is 17.0 Å². The molecule has 1 fully saturated rings. The molecule has 0 spiro atoms. The van der Waals surface area contributed by atoms with E-state index in [0.717, 1.165) is 16.7 Å². The van der Waals surface area contributed by atoms with E-state index in [4.69, 9.17) is 14.0 Å². The molecule has 0 radical (unpaired) electrons. The molecule has 3 aromatic heterocycles. The second-order valence-electron chi connectivity index (χ2n) is 9.82. The lowest BCUT2D eigenvalue weighted by Crippen LogP contribution is -2.50. The van der Waals surface area contributed by atoms with Crippen LogP contribution in [0.5, 0.6) is 0 Å². The lowest BCUT2D eigenvalue weighted by Gasteiger charge is -2.31. The minimum atomic E-state index is -0.220. The number of pyridine rings is 1. The number of amides is 2. The van der Waals surface area contributed by atoms with E-state index in [1.807, 2.05) is 37.3 Å². The summed E-state index contributed by atoms with van der Waals surface area (Å²) in [5.74, 6) is 0.712. The molecule has 42 heavy (non-hydrogen) atoms. The molecule has 1 aliphatic rings. The van der Waals surface area contributed by atoms with Crippen molar-refractivity contribution >= 4 is 17.7 Å². The first-order valence-electron chi connectivity index (χ1n) is 13.3. The Balaban J connectivity index is 1.29. The van der Waals surface area contributed by atoms with Crippen molar-refractivity contribution in [1.82, 2.24) is 30.1 Å². The third kappa shape index (κ3) is 6.18. The molecule has 0 atom stereocenters. The number of aryl methyl sites for hydroxylation is 1. The zero-order valence-electron chi connectivity index (χ0n) is 23.9. The van der Waals surface area contributed by atoms with E-state index in [0.29, 0.717) is 59.7 Å². The Hall–Kier alpha value is -4.97. The van der Waals surface area contributed by atoms with Gasteiger partial charge in [-0.25, -0.2) is 0 Å². The zero-order valence-corrected chi connectivity index (χ0v) is 23.9. The molecule has 0 bridgehead atoms. The fourth-order valence-electron chi connectivity index (χ4n) is 4.55. The van der Waals surface area contributed by atoms with Crippen LogP contribution in [-0.2, 0) is 27.5 Å². The van der Waals surface area contributed by atoms with Gasteiger partial charge in [-0.15, -0.1) is 10.2 Å². The van der Waals surface area contributed by atoms with E-state index >= 15 is 0 Å². The Kier molecular flexibility index (Phi) is 8.63. The summed E-state index contributed by atoms with van der Waals surface area (Å²) >= 11 is 0. The molecule has 5 rings (SSSR count). The minimum Gasteiger partial charge on any atom is -0.471 e. The van der Waals surface area contributed by atoms with Crippen molar-refractivity contribution in [3.63, 3.8) is 0 Å². The van der Waals surface area contributed by atoms with Crippen LogP contribution in [0.3, 0.4) is 0 Å². The molecule has 0 N–H and O–H groups in total. The highest BCUT2D eigenvalue weighted by Crippen LogP contribution is 2.27. The van der Waals surface area contributed by atoms with Gasteiger partial charge < -0.3 is 23.8 Å². The number of aromatic nitrogens is 4. The number of methoxy groups -OCH3 is 1. The fraction of sp³-hybridized carbons (Fsp3) is 0.300. The number of ether oxygens (including phenoxy) is 2. The maximum atomic E-state index is 12.8. The van der Waals surface area contributed by atoms with Crippen molar-refractivity contribution in [3.8, 4) is 22.6 Å². The lowest BCUT2D eigenvalue weighted by molar-refractivity contribution is -0.133. The zero-order chi connectivity index (χ0) is 29.6. The highest BCUT2D eigenvalue weighted by atomic mass is 16.5. The first-order chi connectivity index (χ1) is 20.4. The van der Waals surface area contributed by atoms with Gasteiger partial charge in [0.1, 0.15) is 31.1 Å². The smallest absolute Gasteiger partial charge is 0.255 e. The molecule has 0 aliphatic carbocycles. The van der Waals surface area contributed by atoms with E-state index in [1.165, 1.54) is 11.1 Å². The second kappa shape index (κ2) is 12.7. The molecule has 1 saturated heterocycles. The maximum absolute atomic E-state index is 12.8. The summed E-state index contributed by atoms with van der Waals surface area (Å²) in [4.78, 5) is 36.8. The van der Waals surface area contributed by atoms with E-state index in [1.54, 1.807) is 44.3 Å². The molecule has 4 aromatic rings.